The lowest BCUT2D eigenvalue weighted by molar-refractivity contribution is -0.122. The predicted molar refractivity (Wildman–Crippen MR) is 150 cm³/mol. The lowest BCUT2D eigenvalue weighted by Crippen LogP contribution is -2.47. The van der Waals surface area contributed by atoms with E-state index < -0.39 is 0 Å². The SMILES string of the molecule is CCCC1CN(c2ncc(Cl)c(Nc3ccc4c(c3)cc(OCC(=O)NC)c(=O)n4C(C)C)n2)C[C@H](C)O1. The van der Waals surface area contributed by atoms with E-state index >= 15 is 0 Å². The number of rotatable bonds is 9. The number of aromatic nitrogens is 3. The average Bonchev–Trinajstić information content (AvgIpc) is 2.88. The standard InChI is InChI=1S/C27H35ClN6O4/c1-6-7-20-14-33(13-17(4)38-20)27-30-12-21(28)25(32-27)31-19-8-9-22-18(10-19)11-23(37-15-24(35)29-5)26(36)34(22)16(2)3/h8-12,16-17,20H,6-7,13-15H2,1-5H3,(H,29,35)(H,30,31,32)/t17-,20?/m0/s1. The Kier molecular flexibility index (Phi) is 8.73. The van der Waals surface area contributed by atoms with Gasteiger partial charge in [0.2, 0.25) is 5.95 Å². The van der Waals surface area contributed by atoms with Crippen molar-refractivity contribution < 1.29 is 14.3 Å². The number of morpholine rings is 1. The van der Waals surface area contributed by atoms with Gasteiger partial charge in [0.05, 0.1) is 23.9 Å². The van der Waals surface area contributed by atoms with Crippen molar-refractivity contribution in [3.05, 3.63) is 45.8 Å². The van der Waals surface area contributed by atoms with Crippen molar-refractivity contribution in [1.82, 2.24) is 19.9 Å². The van der Waals surface area contributed by atoms with Crippen LogP contribution in [0.2, 0.25) is 5.02 Å². The van der Waals surface area contributed by atoms with E-state index in [0.717, 1.165) is 36.0 Å². The molecule has 4 rings (SSSR count). The number of likely N-dealkylation sites (N-methyl/N-ethyl adjacent to an activating group) is 1. The summed E-state index contributed by atoms with van der Waals surface area (Å²) in [5.74, 6) is 0.862. The Labute approximate surface area is 227 Å². The lowest BCUT2D eigenvalue weighted by atomic mass is 10.1. The number of carbonyl (C=O) groups is 1. The van der Waals surface area contributed by atoms with Gasteiger partial charge in [0.15, 0.2) is 18.2 Å². The maximum atomic E-state index is 13.1. The maximum Gasteiger partial charge on any atom is 0.293 e. The Morgan fingerprint density at radius 1 is 1.29 bits per heavy atom. The van der Waals surface area contributed by atoms with Gasteiger partial charge in [0.25, 0.3) is 11.5 Å². The number of halogens is 1. The Balaban J connectivity index is 1.65. The lowest BCUT2D eigenvalue weighted by Gasteiger charge is -2.36. The molecule has 10 nitrogen and oxygen atoms in total. The number of ether oxygens (including phenoxy) is 2. The summed E-state index contributed by atoms with van der Waals surface area (Å²) in [7, 11) is 1.52. The molecule has 38 heavy (non-hydrogen) atoms. The van der Waals surface area contributed by atoms with Gasteiger partial charge in [-0.15, -0.1) is 0 Å². The number of nitrogens with one attached hydrogen (secondary N) is 2. The van der Waals surface area contributed by atoms with Crippen LogP contribution in [0.1, 0.15) is 46.6 Å². The van der Waals surface area contributed by atoms with Crippen LogP contribution in [0.3, 0.4) is 0 Å². The molecule has 2 N–H and O–H groups in total. The van der Waals surface area contributed by atoms with Crippen molar-refractivity contribution in [2.45, 2.75) is 58.8 Å². The van der Waals surface area contributed by atoms with Crippen molar-refractivity contribution in [2.24, 2.45) is 0 Å². The van der Waals surface area contributed by atoms with Gasteiger partial charge in [-0.25, -0.2) is 4.98 Å². The zero-order valence-corrected chi connectivity index (χ0v) is 23.2. The molecule has 2 aromatic heterocycles. The number of hydrogen-bond donors (Lipinski definition) is 2. The van der Waals surface area contributed by atoms with Gasteiger partial charge in [-0.3, -0.25) is 9.59 Å². The highest BCUT2D eigenvalue weighted by Gasteiger charge is 2.27. The minimum atomic E-state index is -0.319. The summed E-state index contributed by atoms with van der Waals surface area (Å²) in [6.45, 7) is 9.23. The molecule has 0 spiro atoms. The molecule has 11 heteroatoms. The fourth-order valence-corrected chi connectivity index (χ4v) is 4.79. The molecule has 1 fully saturated rings. The van der Waals surface area contributed by atoms with E-state index in [4.69, 9.17) is 26.1 Å². The Morgan fingerprint density at radius 2 is 2.08 bits per heavy atom. The smallest absolute Gasteiger partial charge is 0.293 e. The third kappa shape index (κ3) is 6.19. The zero-order valence-electron chi connectivity index (χ0n) is 22.5. The maximum absolute atomic E-state index is 13.1. The van der Waals surface area contributed by atoms with Gasteiger partial charge < -0.3 is 29.6 Å². The second-order valence-electron chi connectivity index (χ2n) is 9.77. The van der Waals surface area contributed by atoms with Crippen LogP contribution in [-0.4, -0.2) is 59.4 Å². The fourth-order valence-electron chi connectivity index (χ4n) is 4.65. The number of pyridine rings is 1. The van der Waals surface area contributed by atoms with E-state index in [1.165, 1.54) is 7.05 Å². The molecule has 2 atom stereocenters. The van der Waals surface area contributed by atoms with Crippen LogP contribution < -0.4 is 25.8 Å². The minimum Gasteiger partial charge on any atom is -0.478 e. The van der Waals surface area contributed by atoms with Gasteiger partial charge in [-0.2, -0.15) is 4.98 Å². The molecule has 0 bridgehead atoms. The molecule has 204 valence electrons. The molecule has 0 aliphatic carbocycles. The predicted octanol–water partition coefficient (Wildman–Crippen LogP) is 4.29. The quantitative estimate of drug-likeness (QED) is 0.412. The third-order valence-corrected chi connectivity index (χ3v) is 6.65. The normalized spacial score (nSPS) is 17.6. The number of nitrogens with zero attached hydrogens (tertiary/aromatic N) is 4. The highest BCUT2D eigenvalue weighted by molar-refractivity contribution is 6.32. The fraction of sp³-hybridized carbons (Fsp3) is 0.481. The molecule has 3 aromatic rings. The monoisotopic (exact) mass is 542 g/mol. The summed E-state index contributed by atoms with van der Waals surface area (Å²) >= 11 is 6.47. The van der Waals surface area contributed by atoms with Crippen molar-refractivity contribution in [1.29, 1.82) is 0 Å². The summed E-state index contributed by atoms with van der Waals surface area (Å²) < 4.78 is 13.3. The molecule has 3 heterocycles. The van der Waals surface area contributed by atoms with Crippen LogP contribution in [0.15, 0.2) is 35.3 Å². The Bertz CT molecular complexity index is 1360. The minimum absolute atomic E-state index is 0.0786. The first kappa shape index (κ1) is 27.7. The van der Waals surface area contributed by atoms with Crippen molar-refractivity contribution in [3.63, 3.8) is 0 Å². The van der Waals surface area contributed by atoms with E-state index in [0.29, 0.717) is 23.3 Å². The van der Waals surface area contributed by atoms with E-state index in [1.807, 2.05) is 32.0 Å². The molecule has 1 aromatic carbocycles. The number of anilines is 3. The third-order valence-electron chi connectivity index (χ3n) is 6.37. The van der Waals surface area contributed by atoms with Crippen LogP contribution >= 0.6 is 11.6 Å². The average molecular weight is 543 g/mol. The van der Waals surface area contributed by atoms with E-state index in [9.17, 15) is 9.59 Å². The second-order valence-corrected chi connectivity index (χ2v) is 10.2. The highest BCUT2D eigenvalue weighted by Crippen LogP contribution is 2.29. The van der Waals surface area contributed by atoms with Crippen LogP contribution in [0.25, 0.3) is 10.9 Å². The first-order valence-corrected chi connectivity index (χ1v) is 13.3. The van der Waals surface area contributed by atoms with Gasteiger partial charge in [0.1, 0.15) is 5.02 Å². The molecule has 1 aliphatic heterocycles. The van der Waals surface area contributed by atoms with Gasteiger partial charge >= 0.3 is 0 Å². The van der Waals surface area contributed by atoms with Crippen molar-refractivity contribution in [3.8, 4) is 5.75 Å². The van der Waals surface area contributed by atoms with Gasteiger partial charge in [-0.05, 0) is 51.5 Å². The van der Waals surface area contributed by atoms with E-state index in [-0.39, 0.29) is 42.1 Å². The summed E-state index contributed by atoms with van der Waals surface area (Å²) in [4.78, 5) is 36.1. The summed E-state index contributed by atoms with van der Waals surface area (Å²) in [6, 6.07) is 7.18. The summed E-state index contributed by atoms with van der Waals surface area (Å²) in [6.07, 6.45) is 3.84. The Hall–Kier alpha value is -3.37. The van der Waals surface area contributed by atoms with Gasteiger partial charge in [0, 0.05) is 37.3 Å². The van der Waals surface area contributed by atoms with E-state index in [1.54, 1.807) is 16.8 Å². The molecule has 0 saturated carbocycles. The first-order chi connectivity index (χ1) is 18.2. The van der Waals surface area contributed by atoms with Crippen LogP contribution in [0, 0.1) is 0 Å². The van der Waals surface area contributed by atoms with Crippen molar-refractivity contribution >= 4 is 45.9 Å². The zero-order chi connectivity index (χ0) is 27.4. The first-order valence-electron chi connectivity index (χ1n) is 12.9. The molecular formula is C27H35ClN6O4. The Morgan fingerprint density at radius 3 is 2.79 bits per heavy atom. The molecule has 1 amide bonds. The van der Waals surface area contributed by atoms with Gasteiger partial charge in [-0.1, -0.05) is 24.9 Å². The molecular weight excluding hydrogens is 508 g/mol. The second kappa shape index (κ2) is 12.0. The number of amides is 1. The van der Waals surface area contributed by atoms with Crippen LogP contribution in [0.5, 0.6) is 5.75 Å². The highest BCUT2D eigenvalue weighted by atomic mass is 35.5. The van der Waals surface area contributed by atoms with Crippen LogP contribution in [0.4, 0.5) is 17.5 Å². The largest absolute Gasteiger partial charge is 0.478 e. The summed E-state index contributed by atoms with van der Waals surface area (Å²) in [5.41, 5.74) is 1.19. The summed E-state index contributed by atoms with van der Waals surface area (Å²) in [5, 5.41) is 6.95. The number of carbonyl (C=O) groups excluding carboxylic acids is 1. The number of fused-ring (bicyclic) bond motifs is 1. The number of benzene rings is 1. The molecule has 1 aliphatic rings. The number of hydrogen-bond acceptors (Lipinski definition) is 8. The topological polar surface area (TPSA) is 111 Å². The van der Waals surface area contributed by atoms with E-state index in [2.05, 4.69) is 34.4 Å². The van der Waals surface area contributed by atoms with Crippen LogP contribution in [-0.2, 0) is 9.53 Å². The molecule has 1 saturated heterocycles. The van der Waals surface area contributed by atoms with Crippen molar-refractivity contribution in [2.75, 3.05) is 37.0 Å². The molecule has 1 unspecified atom stereocenters. The molecule has 0 radical (unpaired) electrons.